The van der Waals surface area contributed by atoms with Crippen LogP contribution in [0.3, 0.4) is 0 Å². The summed E-state index contributed by atoms with van der Waals surface area (Å²) in [5.74, 6) is 0.993. The Morgan fingerprint density at radius 3 is 2.69 bits per heavy atom. The minimum atomic E-state index is -0.215. The van der Waals surface area contributed by atoms with E-state index in [0.29, 0.717) is 5.92 Å². The van der Waals surface area contributed by atoms with Gasteiger partial charge in [-0.3, -0.25) is 0 Å². The Labute approximate surface area is 97.6 Å². The van der Waals surface area contributed by atoms with Crippen molar-refractivity contribution < 1.29 is 9.13 Å². The van der Waals surface area contributed by atoms with Crippen molar-refractivity contribution in [1.29, 1.82) is 0 Å². The maximum absolute atomic E-state index is 13.0. The molecule has 1 heterocycles. The first-order valence-corrected chi connectivity index (χ1v) is 6.16. The van der Waals surface area contributed by atoms with Crippen molar-refractivity contribution in [2.24, 2.45) is 0 Å². The molecule has 1 aliphatic heterocycles. The van der Waals surface area contributed by atoms with Crippen LogP contribution in [0, 0.1) is 5.82 Å². The molecule has 2 rings (SSSR count). The smallest absolute Gasteiger partial charge is 0.126 e. The van der Waals surface area contributed by atoms with E-state index in [4.69, 9.17) is 4.74 Å². The molecule has 0 bridgehead atoms. The molecule has 0 amide bonds. The lowest BCUT2D eigenvalue weighted by Crippen LogP contribution is -2.23. The lowest BCUT2D eigenvalue weighted by Gasteiger charge is -2.29. The lowest BCUT2D eigenvalue weighted by molar-refractivity contribution is 0.157. The van der Waals surface area contributed by atoms with Crippen molar-refractivity contribution in [2.75, 3.05) is 0 Å². The highest BCUT2D eigenvalue weighted by Crippen LogP contribution is 2.36. The molecule has 0 radical (unpaired) electrons. The molecule has 0 unspecified atom stereocenters. The van der Waals surface area contributed by atoms with Crippen molar-refractivity contribution in [3.63, 3.8) is 0 Å². The normalized spacial score (nSPS) is 22.6. The number of rotatable bonds is 1. The summed E-state index contributed by atoms with van der Waals surface area (Å²) in [6.45, 7) is 8.27. The van der Waals surface area contributed by atoms with Crippen LogP contribution in [0.1, 0.15) is 52.0 Å². The van der Waals surface area contributed by atoms with Gasteiger partial charge in [0.05, 0.1) is 6.10 Å². The van der Waals surface area contributed by atoms with Crippen LogP contribution in [0.15, 0.2) is 18.2 Å². The number of benzene rings is 1. The summed E-state index contributed by atoms with van der Waals surface area (Å²) in [5.41, 5.74) is 1.14. The Morgan fingerprint density at radius 1 is 1.38 bits per heavy atom. The summed E-state index contributed by atoms with van der Waals surface area (Å²) >= 11 is 0. The molecule has 90 valence electrons. The van der Waals surface area contributed by atoms with Crippen molar-refractivity contribution in [1.82, 2.24) is 0 Å². The Balaban J connectivity index is 0.000000606. The molecule has 16 heavy (non-hydrogen) atoms. The summed E-state index contributed by atoms with van der Waals surface area (Å²) in [4.78, 5) is 0. The van der Waals surface area contributed by atoms with E-state index >= 15 is 0 Å². The minimum absolute atomic E-state index is 0.215. The van der Waals surface area contributed by atoms with Gasteiger partial charge in [-0.2, -0.15) is 0 Å². The minimum Gasteiger partial charge on any atom is -0.490 e. The van der Waals surface area contributed by atoms with Crippen LogP contribution in [0.25, 0.3) is 0 Å². The zero-order valence-corrected chi connectivity index (χ0v) is 10.6. The van der Waals surface area contributed by atoms with Crippen LogP contribution < -0.4 is 4.74 Å². The third kappa shape index (κ3) is 2.75. The topological polar surface area (TPSA) is 9.23 Å². The number of hydrogen-bond acceptors (Lipinski definition) is 1. The Morgan fingerprint density at radius 2 is 2.06 bits per heavy atom. The third-order valence-corrected chi connectivity index (χ3v) is 2.87. The Bertz CT molecular complexity index is 336. The zero-order chi connectivity index (χ0) is 12.1. The molecule has 0 spiro atoms. The first-order valence-electron chi connectivity index (χ1n) is 6.16. The molecule has 0 saturated carbocycles. The van der Waals surface area contributed by atoms with Gasteiger partial charge in [-0.1, -0.05) is 33.8 Å². The molecule has 0 fully saturated rings. The van der Waals surface area contributed by atoms with Crippen LogP contribution in [-0.2, 0) is 0 Å². The van der Waals surface area contributed by atoms with E-state index in [1.807, 2.05) is 19.9 Å². The van der Waals surface area contributed by atoms with Gasteiger partial charge in [-0.05, 0) is 30.4 Å². The van der Waals surface area contributed by atoms with Gasteiger partial charge in [0, 0.05) is 6.07 Å². The van der Waals surface area contributed by atoms with E-state index < -0.39 is 0 Å². The van der Waals surface area contributed by atoms with Crippen LogP contribution in [-0.4, -0.2) is 6.10 Å². The molecule has 1 aliphatic rings. The molecule has 1 aromatic carbocycles. The number of hydrogen-bond donors (Lipinski definition) is 0. The fourth-order valence-electron chi connectivity index (χ4n) is 2.02. The molecule has 0 saturated heterocycles. The van der Waals surface area contributed by atoms with Crippen molar-refractivity contribution in [3.8, 4) is 5.75 Å². The predicted molar refractivity (Wildman–Crippen MR) is 65.5 cm³/mol. The van der Waals surface area contributed by atoms with E-state index in [1.54, 1.807) is 0 Å². The molecule has 2 heteroatoms. The SMILES string of the molecule is CC.CC[C@H]1C[C@H](C)c2ccc(F)cc2O1. The van der Waals surface area contributed by atoms with E-state index in [1.165, 1.54) is 12.1 Å². The Hall–Kier alpha value is -1.05. The lowest BCUT2D eigenvalue weighted by atomic mass is 9.91. The maximum Gasteiger partial charge on any atom is 0.126 e. The van der Waals surface area contributed by atoms with E-state index in [0.717, 1.165) is 24.2 Å². The van der Waals surface area contributed by atoms with Gasteiger partial charge in [0.25, 0.3) is 0 Å². The molecule has 1 aromatic rings. The van der Waals surface area contributed by atoms with Crippen LogP contribution in [0.4, 0.5) is 4.39 Å². The summed E-state index contributed by atoms with van der Waals surface area (Å²) < 4.78 is 18.7. The fourth-order valence-corrected chi connectivity index (χ4v) is 2.02. The highest BCUT2D eigenvalue weighted by Gasteiger charge is 2.24. The highest BCUT2D eigenvalue weighted by atomic mass is 19.1. The molecule has 0 N–H and O–H groups in total. The zero-order valence-electron chi connectivity index (χ0n) is 10.6. The standard InChI is InChI=1S/C12H15FO.C2H6/c1-3-10-6-8(2)11-5-4-9(13)7-12(11)14-10;1-2/h4-5,7-8,10H,3,6H2,1-2H3;1-2H3/t8-,10-;/m0./s1. The molecular weight excluding hydrogens is 203 g/mol. The van der Waals surface area contributed by atoms with Crippen molar-refractivity contribution in [3.05, 3.63) is 29.6 Å². The van der Waals surface area contributed by atoms with E-state index in [2.05, 4.69) is 13.8 Å². The maximum atomic E-state index is 13.0. The van der Waals surface area contributed by atoms with E-state index in [9.17, 15) is 4.39 Å². The van der Waals surface area contributed by atoms with Gasteiger partial charge in [0.2, 0.25) is 0 Å². The summed E-state index contributed by atoms with van der Waals surface area (Å²) in [7, 11) is 0. The summed E-state index contributed by atoms with van der Waals surface area (Å²) in [6, 6.07) is 4.83. The van der Waals surface area contributed by atoms with Gasteiger partial charge in [-0.25, -0.2) is 4.39 Å². The fraction of sp³-hybridized carbons (Fsp3) is 0.571. The largest absolute Gasteiger partial charge is 0.490 e. The second-order valence-corrected chi connectivity index (χ2v) is 3.97. The summed E-state index contributed by atoms with van der Waals surface area (Å²) in [5, 5.41) is 0. The van der Waals surface area contributed by atoms with Crippen molar-refractivity contribution in [2.45, 2.75) is 52.6 Å². The van der Waals surface area contributed by atoms with Crippen LogP contribution in [0.2, 0.25) is 0 Å². The van der Waals surface area contributed by atoms with Crippen molar-refractivity contribution >= 4 is 0 Å². The summed E-state index contributed by atoms with van der Waals surface area (Å²) in [6.07, 6.45) is 2.27. The second-order valence-electron chi connectivity index (χ2n) is 3.97. The van der Waals surface area contributed by atoms with E-state index in [-0.39, 0.29) is 11.9 Å². The van der Waals surface area contributed by atoms with Gasteiger partial charge >= 0.3 is 0 Å². The Kier molecular flexibility index (Phi) is 4.78. The molecular formula is C14H21FO. The quantitative estimate of drug-likeness (QED) is 0.681. The van der Waals surface area contributed by atoms with Gasteiger partial charge in [-0.15, -0.1) is 0 Å². The molecule has 2 atom stereocenters. The third-order valence-electron chi connectivity index (χ3n) is 2.87. The highest BCUT2D eigenvalue weighted by molar-refractivity contribution is 5.38. The monoisotopic (exact) mass is 224 g/mol. The van der Waals surface area contributed by atoms with Crippen LogP contribution in [0.5, 0.6) is 5.75 Å². The molecule has 1 nitrogen and oxygen atoms in total. The van der Waals surface area contributed by atoms with Gasteiger partial charge in [0.1, 0.15) is 11.6 Å². The molecule has 0 aromatic heterocycles. The number of fused-ring (bicyclic) bond motifs is 1. The number of ether oxygens (including phenoxy) is 1. The van der Waals surface area contributed by atoms with Gasteiger partial charge < -0.3 is 4.74 Å². The number of halogens is 1. The predicted octanol–water partition coefficient (Wildman–Crippen LogP) is 4.52. The van der Waals surface area contributed by atoms with Gasteiger partial charge in [0.15, 0.2) is 0 Å². The second kappa shape index (κ2) is 5.88. The van der Waals surface area contributed by atoms with Crippen LogP contribution >= 0.6 is 0 Å². The first kappa shape index (κ1) is 13.0. The average molecular weight is 224 g/mol. The average Bonchev–Trinajstić information content (AvgIpc) is 2.30. The molecule has 0 aliphatic carbocycles. The first-order chi connectivity index (χ1) is 7.70.